The summed E-state index contributed by atoms with van der Waals surface area (Å²) in [5.74, 6) is -0.926. The molecule has 4 rings (SSSR count). The quantitative estimate of drug-likeness (QED) is 0.425. The van der Waals surface area contributed by atoms with Crippen LogP contribution in [-0.2, 0) is 11.8 Å². The normalized spacial score (nSPS) is 12.1. The molecule has 0 fully saturated rings. The third-order valence-corrected chi connectivity index (χ3v) is 5.33. The molecule has 29 heavy (non-hydrogen) atoms. The van der Waals surface area contributed by atoms with Gasteiger partial charge in [0.15, 0.2) is 0 Å². The number of para-hydroxylation sites is 2. The Balaban J connectivity index is 1.73. The maximum Gasteiger partial charge on any atom is 0.225 e. The van der Waals surface area contributed by atoms with E-state index in [1.807, 2.05) is 55.7 Å². The highest BCUT2D eigenvalue weighted by atomic mass is 35.5. The SMILES string of the molecule is Cn1cc(C(CC(=O)Nc2ccccc2F)c2cccc(Cl)c2)c2ccccc21. The van der Waals surface area contributed by atoms with Crippen LogP contribution in [-0.4, -0.2) is 10.5 Å². The molecule has 1 unspecified atom stereocenters. The monoisotopic (exact) mass is 406 g/mol. The summed E-state index contributed by atoms with van der Waals surface area (Å²) in [6, 6.07) is 21.8. The van der Waals surface area contributed by atoms with E-state index in [1.54, 1.807) is 18.2 Å². The molecule has 0 saturated heterocycles. The Hall–Kier alpha value is -3.11. The Kier molecular flexibility index (Phi) is 5.36. The highest BCUT2D eigenvalue weighted by Crippen LogP contribution is 2.35. The number of amides is 1. The van der Waals surface area contributed by atoms with Crippen molar-refractivity contribution in [3.63, 3.8) is 0 Å². The van der Waals surface area contributed by atoms with Crippen LogP contribution in [0.5, 0.6) is 0 Å². The Morgan fingerprint density at radius 1 is 1.07 bits per heavy atom. The molecule has 1 aromatic heterocycles. The predicted octanol–water partition coefficient (Wildman–Crippen LogP) is 6.13. The molecule has 1 amide bonds. The average molecular weight is 407 g/mol. The number of nitrogens with zero attached hydrogens (tertiary/aromatic N) is 1. The van der Waals surface area contributed by atoms with E-state index < -0.39 is 5.82 Å². The lowest BCUT2D eigenvalue weighted by molar-refractivity contribution is -0.116. The third kappa shape index (κ3) is 4.03. The van der Waals surface area contributed by atoms with Crippen molar-refractivity contribution >= 4 is 34.1 Å². The number of hydrogen-bond acceptors (Lipinski definition) is 1. The minimum Gasteiger partial charge on any atom is -0.350 e. The molecule has 1 atom stereocenters. The number of hydrogen-bond donors (Lipinski definition) is 1. The van der Waals surface area contributed by atoms with Crippen molar-refractivity contribution in [2.24, 2.45) is 7.05 Å². The number of aryl methyl sites for hydroxylation is 1. The first-order valence-electron chi connectivity index (χ1n) is 9.37. The summed E-state index contributed by atoms with van der Waals surface area (Å²) in [6.45, 7) is 0. The molecule has 146 valence electrons. The molecule has 3 nitrogen and oxygen atoms in total. The first-order chi connectivity index (χ1) is 14.0. The molecule has 5 heteroatoms. The van der Waals surface area contributed by atoms with Crippen molar-refractivity contribution < 1.29 is 9.18 Å². The van der Waals surface area contributed by atoms with Crippen LogP contribution in [0, 0.1) is 5.82 Å². The maximum atomic E-state index is 14.0. The minimum absolute atomic E-state index is 0.169. The Morgan fingerprint density at radius 2 is 1.83 bits per heavy atom. The smallest absolute Gasteiger partial charge is 0.225 e. The number of aromatic nitrogens is 1. The van der Waals surface area contributed by atoms with Gasteiger partial charge in [0, 0.05) is 41.5 Å². The van der Waals surface area contributed by atoms with Crippen LogP contribution in [0.1, 0.15) is 23.5 Å². The molecule has 0 saturated carbocycles. The number of fused-ring (bicyclic) bond motifs is 1. The molecule has 0 aliphatic heterocycles. The third-order valence-electron chi connectivity index (χ3n) is 5.09. The van der Waals surface area contributed by atoms with Gasteiger partial charge in [0.1, 0.15) is 5.82 Å². The van der Waals surface area contributed by atoms with Gasteiger partial charge in [-0.05, 0) is 41.5 Å². The largest absolute Gasteiger partial charge is 0.350 e. The fraction of sp³-hybridized carbons (Fsp3) is 0.125. The van der Waals surface area contributed by atoms with E-state index in [0.717, 1.165) is 22.0 Å². The summed E-state index contributed by atoms with van der Waals surface area (Å²) in [4.78, 5) is 12.8. The minimum atomic E-state index is -0.453. The highest BCUT2D eigenvalue weighted by molar-refractivity contribution is 6.30. The lowest BCUT2D eigenvalue weighted by Gasteiger charge is -2.18. The van der Waals surface area contributed by atoms with E-state index >= 15 is 0 Å². The van der Waals surface area contributed by atoms with Gasteiger partial charge in [-0.3, -0.25) is 4.79 Å². The fourth-order valence-corrected chi connectivity index (χ4v) is 3.93. The van der Waals surface area contributed by atoms with Crippen molar-refractivity contribution in [1.82, 2.24) is 4.57 Å². The summed E-state index contributed by atoms with van der Waals surface area (Å²) >= 11 is 6.23. The van der Waals surface area contributed by atoms with Gasteiger partial charge in [0.05, 0.1) is 5.69 Å². The van der Waals surface area contributed by atoms with Gasteiger partial charge in [-0.1, -0.05) is 54.1 Å². The van der Waals surface area contributed by atoms with Crippen LogP contribution in [0.3, 0.4) is 0 Å². The van der Waals surface area contributed by atoms with E-state index in [-0.39, 0.29) is 23.9 Å². The Morgan fingerprint density at radius 3 is 2.62 bits per heavy atom. The number of carbonyl (C=O) groups excluding carboxylic acids is 1. The van der Waals surface area contributed by atoms with Crippen molar-refractivity contribution in [3.8, 4) is 0 Å². The van der Waals surface area contributed by atoms with Crippen LogP contribution in [0.15, 0.2) is 79.0 Å². The number of rotatable bonds is 5. The summed E-state index contributed by atoms with van der Waals surface area (Å²) in [7, 11) is 1.99. The number of anilines is 1. The van der Waals surface area contributed by atoms with E-state index in [0.29, 0.717) is 5.02 Å². The highest BCUT2D eigenvalue weighted by Gasteiger charge is 2.23. The average Bonchev–Trinajstić information content (AvgIpc) is 3.05. The van der Waals surface area contributed by atoms with Crippen molar-refractivity contribution in [1.29, 1.82) is 0 Å². The van der Waals surface area contributed by atoms with Gasteiger partial charge in [0.25, 0.3) is 0 Å². The van der Waals surface area contributed by atoms with Crippen molar-refractivity contribution in [2.45, 2.75) is 12.3 Å². The van der Waals surface area contributed by atoms with E-state index in [1.165, 1.54) is 6.07 Å². The number of benzene rings is 3. The molecule has 0 radical (unpaired) electrons. The molecule has 1 heterocycles. The van der Waals surface area contributed by atoms with Gasteiger partial charge < -0.3 is 9.88 Å². The second-order valence-electron chi connectivity index (χ2n) is 7.05. The molecule has 0 spiro atoms. The van der Waals surface area contributed by atoms with Crippen molar-refractivity contribution in [3.05, 3.63) is 101 Å². The predicted molar refractivity (Wildman–Crippen MR) is 116 cm³/mol. The molecule has 0 aliphatic carbocycles. The zero-order chi connectivity index (χ0) is 20.4. The van der Waals surface area contributed by atoms with E-state index in [9.17, 15) is 9.18 Å². The number of carbonyl (C=O) groups is 1. The van der Waals surface area contributed by atoms with Crippen LogP contribution in [0.2, 0.25) is 5.02 Å². The summed E-state index contributed by atoms with van der Waals surface area (Å²) in [5.41, 5.74) is 3.25. The lowest BCUT2D eigenvalue weighted by Crippen LogP contribution is -2.17. The van der Waals surface area contributed by atoms with Crippen LogP contribution in [0.25, 0.3) is 10.9 Å². The zero-order valence-electron chi connectivity index (χ0n) is 15.9. The summed E-state index contributed by atoms with van der Waals surface area (Å²) in [5, 5.41) is 4.39. The Labute approximate surface area is 173 Å². The summed E-state index contributed by atoms with van der Waals surface area (Å²) < 4.78 is 16.0. The molecule has 0 bridgehead atoms. The summed E-state index contributed by atoms with van der Waals surface area (Å²) in [6.07, 6.45) is 2.22. The van der Waals surface area contributed by atoms with E-state index in [2.05, 4.69) is 16.0 Å². The molecule has 1 N–H and O–H groups in total. The number of nitrogens with one attached hydrogen (secondary N) is 1. The molecular weight excluding hydrogens is 387 g/mol. The van der Waals surface area contributed by atoms with Gasteiger partial charge in [-0.15, -0.1) is 0 Å². The fourth-order valence-electron chi connectivity index (χ4n) is 3.73. The first-order valence-corrected chi connectivity index (χ1v) is 9.74. The second kappa shape index (κ2) is 8.10. The van der Waals surface area contributed by atoms with Gasteiger partial charge in [0.2, 0.25) is 5.91 Å². The molecule has 0 aliphatic rings. The zero-order valence-corrected chi connectivity index (χ0v) is 16.7. The van der Waals surface area contributed by atoms with Crippen LogP contribution < -0.4 is 5.32 Å². The van der Waals surface area contributed by atoms with Crippen LogP contribution in [0.4, 0.5) is 10.1 Å². The first kappa shape index (κ1) is 19.2. The lowest BCUT2D eigenvalue weighted by atomic mass is 9.88. The molecule has 4 aromatic rings. The van der Waals surface area contributed by atoms with Crippen molar-refractivity contribution in [2.75, 3.05) is 5.32 Å². The topological polar surface area (TPSA) is 34.0 Å². The van der Waals surface area contributed by atoms with Gasteiger partial charge in [-0.25, -0.2) is 4.39 Å². The maximum absolute atomic E-state index is 14.0. The number of halogens is 2. The van der Waals surface area contributed by atoms with E-state index in [4.69, 9.17) is 11.6 Å². The van der Waals surface area contributed by atoms with Crippen LogP contribution >= 0.6 is 11.6 Å². The van der Waals surface area contributed by atoms with Gasteiger partial charge >= 0.3 is 0 Å². The van der Waals surface area contributed by atoms with Gasteiger partial charge in [-0.2, -0.15) is 0 Å². The molecular formula is C24H20ClFN2O. The standard InChI is InChI=1S/C24H20ClFN2O/c1-28-15-20(18-9-2-5-12-23(18)28)19(16-7-6-8-17(25)13-16)14-24(29)27-22-11-4-3-10-21(22)26/h2-13,15,19H,14H2,1H3,(H,27,29). The molecule has 3 aromatic carbocycles. The Bertz CT molecular complexity index is 1180. The second-order valence-corrected chi connectivity index (χ2v) is 7.49.